The molecule has 3 heteroatoms. The van der Waals surface area contributed by atoms with Crippen LogP contribution in [0, 0.1) is 11.3 Å². The first-order chi connectivity index (χ1) is 7.40. The first-order valence-electron chi connectivity index (χ1n) is 6.24. The highest BCUT2D eigenvalue weighted by Crippen LogP contribution is 2.27. The van der Waals surface area contributed by atoms with Gasteiger partial charge in [-0.15, -0.1) is 0 Å². The van der Waals surface area contributed by atoms with Crippen LogP contribution >= 0.6 is 0 Å². The van der Waals surface area contributed by atoms with Crippen LogP contribution in [0.15, 0.2) is 0 Å². The van der Waals surface area contributed by atoms with Crippen molar-refractivity contribution in [3.8, 4) is 6.07 Å². The summed E-state index contributed by atoms with van der Waals surface area (Å²) in [6.07, 6.45) is 7.17. The molecular weight excluding hydrogens is 186 g/mol. The summed E-state index contributed by atoms with van der Waals surface area (Å²) in [5, 5.41) is 12.1. The van der Waals surface area contributed by atoms with Gasteiger partial charge in [0.05, 0.1) is 6.07 Å². The van der Waals surface area contributed by atoms with Gasteiger partial charge in [-0.2, -0.15) is 5.26 Å². The van der Waals surface area contributed by atoms with Gasteiger partial charge in [-0.1, -0.05) is 0 Å². The zero-order valence-corrected chi connectivity index (χ0v) is 9.41. The van der Waals surface area contributed by atoms with Gasteiger partial charge in [-0.3, -0.25) is 4.90 Å². The Morgan fingerprint density at radius 3 is 2.80 bits per heavy atom. The highest BCUT2D eigenvalue weighted by Gasteiger charge is 2.30. The number of nitrogens with zero attached hydrogens (tertiary/aromatic N) is 2. The minimum Gasteiger partial charge on any atom is -0.313 e. The molecule has 84 valence electrons. The molecule has 1 aliphatic carbocycles. The van der Waals surface area contributed by atoms with E-state index in [1.54, 1.807) is 0 Å². The Balaban J connectivity index is 1.70. The van der Waals surface area contributed by atoms with E-state index in [0.717, 1.165) is 19.0 Å². The maximum absolute atomic E-state index is 8.54. The molecule has 0 bridgehead atoms. The SMILES string of the molecule is N#CCCCN(CC1CCCN1)C1CC1. The Kier molecular flexibility index (Phi) is 3.99. The molecule has 0 radical (unpaired) electrons. The van der Waals surface area contributed by atoms with E-state index in [-0.39, 0.29) is 0 Å². The molecule has 2 fully saturated rings. The van der Waals surface area contributed by atoms with Gasteiger partial charge in [0.2, 0.25) is 0 Å². The third kappa shape index (κ3) is 3.48. The molecule has 2 aliphatic rings. The van der Waals surface area contributed by atoms with E-state index in [1.165, 1.54) is 38.8 Å². The fourth-order valence-electron chi connectivity index (χ4n) is 2.42. The predicted molar refractivity (Wildman–Crippen MR) is 60.5 cm³/mol. The van der Waals surface area contributed by atoms with Crippen molar-refractivity contribution in [3.05, 3.63) is 0 Å². The lowest BCUT2D eigenvalue weighted by Gasteiger charge is -2.25. The lowest BCUT2D eigenvalue weighted by atomic mass is 10.2. The van der Waals surface area contributed by atoms with Gasteiger partial charge in [0.1, 0.15) is 0 Å². The molecule has 1 aliphatic heterocycles. The van der Waals surface area contributed by atoms with Gasteiger partial charge in [-0.25, -0.2) is 0 Å². The lowest BCUT2D eigenvalue weighted by Crippen LogP contribution is -2.39. The van der Waals surface area contributed by atoms with Crippen molar-refractivity contribution in [2.24, 2.45) is 0 Å². The van der Waals surface area contributed by atoms with Crippen LogP contribution in [0.1, 0.15) is 38.5 Å². The molecule has 1 heterocycles. The Morgan fingerprint density at radius 1 is 1.33 bits per heavy atom. The quantitative estimate of drug-likeness (QED) is 0.671. The first kappa shape index (κ1) is 10.9. The van der Waals surface area contributed by atoms with Gasteiger partial charge in [0.15, 0.2) is 0 Å². The molecule has 0 spiro atoms. The molecule has 1 unspecified atom stereocenters. The topological polar surface area (TPSA) is 39.1 Å². The fourth-order valence-corrected chi connectivity index (χ4v) is 2.42. The van der Waals surface area contributed by atoms with Gasteiger partial charge in [-0.05, 0) is 45.2 Å². The molecule has 15 heavy (non-hydrogen) atoms. The maximum atomic E-state index is 8.54. The van der Waals surface area contributed by atoms with Crippen LogP contribution in [-0.4, -0.2) is 36.6 Å². The van der Waals surface area contributed by atoms with Gasteiger partial charge < -0.3 is 5.32 Å². The summed E-state index contributed by atoms with van der Waals surface area (Å²) >= 11 is 0. The predicted octanol–water partition coefficient (Wildman–Crippen LogP) is 1.51. The average molecular weight is 207 g/mol. The molecule has 1 N–H and O–H groups in total. The maximum Gasteiger partial charge on any atom is 0.0622 e. The molecular formula is C12H21N3. The van der Waals surface area contributed by atoms with E-state index in [1.807, 2.05) is 0 Å². The molecule has 3 nitrogen and oxygen atoms in total. The summed E-state index contributed by atoms with van der Waals surface area (Å²) in [4.78, 5) is 2.60. The Morgan fingerprint density at radius 2 is 2.20 bits per heavy atom. The second-order valence-corrected chi connectivity index (χ2v) is 4.78. The Bertz CT molecular complexity index is 224. The van der Waals surface area contributed by atoms with Gasteiger partial charge >= 0.3 is 0 Å². The highest BCUT2D eigenvalue weighted by atomic mass is 15.2. The van der Waals surface area contributed by atoms with Crippen LogP contribution < -0.4 is 5.32 Å². The van der Waals surface area contributed by atoms with E-state index in [4.69, 9.17) is 5.26 Å². The smallest absolute Gasteiger partial charge is 0.0622 e. The summed E-state index contributed by atoms with van der Waals surface area (Å²) in [7, 11) is 0. The standard InChI is InChI=1S/C12H21N3/c13-7-1-2-9-15(12-5-6-12)10-11-4-3-8-14-11/h11-12,14H,1-6,8-10H2. The van der Waals surface area contributed by atoms with Gasteiger partial charge in [0, 0.05) is 25.0 Å². The summed E-state index contributed by atoms with van der Waals surface area (Å²) in [5.74, 6) is 0. The zero-order valence-electron chi connectivity index (χ0n) is 9.41. The highest BCUT2D eigenvalue weighted by molar-refractivity contribution is 4.88. The van der Waals surface area contributed by atoms with E-state index in [2.05, 4.69) is 16.3 Å². The monoisotopic (exact) mass is 207 g/mol. The number of hydrogen-bond donors (Lipinski definition) is 1. The van der Waals surface area contributed by atoms with E-state index >= 15 is 0 Å². The van der Waals surface area contributed by atoms with Crippen molar-refractivity contribution in [2.45, 2.75) is 50.6 Å². The van der Waals surface area contributed by atoms with Crippen molar-refractivity contribution >= 4 is 0 Å². The third-order valence-electron chi connectivity index (χ3n) is 3.41. The van der Waals surface area contributed by atoms with E-state index < -0.39 is 0 Å². The fraction of sp³-hybridized carbons (Fsp3) is 0.917. The summed E-state index contributed by atoms with van der Waals surface area (Å²) in [6.45, 7) is 3.52. The summed E-state index contributed by atoms with van der Waals surface area (Å²) in [6, 6.07) is 3.79. The number of unbranched alkanes of at least 4 members (excludes halogenated alkanes) is 1. The zero-order chi connectivity index (χ0) is 10.5. The van der Waals surface area contributed by atoms with Crippen molar-refractivity contribution in [3.63, 3.8) is 0 Å². The third-order valence-corrected chi connectivity index (χ3v) is 3.41. The van der Waals surface area contributed by atoms with Crippen molar-refractivity contribution in [1.82, 2.24) is 10.2 Å². The normalized spacial score (nSPS) is 25.7. The van der Waals surface area contributed by atoms with Crippen LogP contribution in [0.2, 0.25) is 0 Å². The second kappa shape index (κ2) is 5.48. The molecule has 0 aromatic carbocycles. The summed E-state index contributed by atoms with van der Waals surface area (Å²) < 4.78 is 0. The van der Waals surface area contributed by atoms with Crippen LogP contribution in [0.5, 0.6) is 0 Å². The minimum absolute atomic E-state index is 0.710. The molecule has 1 saturated carbocycles. The van der Waals surface area contributed by atoms with Crippen LogP contribution in [0.3, 0.4) is 0 Å². The minimum atomic E-state index is 0.710. The van der Waals surface area contributed by atoms with Crippen molar-refractivity contribution in [2.75, 3.05) is 19.6 Å². The molecule has 1 atom stereocenters. The van der Waals surface area contributed by atoms with Crippen LogP contribution in [0.4, 0.5) is 0 Å². The van der Waals surface area contributed by atoms with Crippen LogP contribution in [0.25, 0.3) is 0 Å². The number of hydrogen-bond acceptors (Lipinski definition) is 3. The van der Waals surface area contributed by atoms with Crippen molar-refractivity contribution in [1.29, 1.82) is 5.26 Å². The number of rotatable bonds is 6. The van der Waals surface area contributed by atoms with Gasteiger partial charge in [0.25, 0.3) is 0 Å². The number of nitriles is 1. The largest absolute Gasteiger partial charge is 0.313 e. The first-order valence-corrected chi connectivity index (χ1v) is 6.24. The molecule has 0 aromatic heterocycles. The second-order valence-electron chi connectivity index (χ2n) is 4.78. The van der Waals surface area contributed by atoms with E-state index in [0.29, 0.717) is 12.5 Å². The Labute approximate surface area is 92.4 Å². The molecule has 0 aromatic rings. The summed E-state index contributed by atoms with van der Waals surface area (Å²) in [5.41, 5.74) is 0. The van der Waals surface area contributed by atoms with Crippen molar-refractivity contribution < 1.29 is 0 Å². The Hall–Kier alpha value is -0.590. The number of nitrogens with one attached hydrogen (secondary N) is 1. The molecule has 0 amide bonds. The lowest BCUT2D eigenvalue weighted by molar-refractivity contribution is 0.237. The van der Waals surface area contributed by atoms with Crippen LogP contribution in [-0.2, 0) is 0 Å². The molecule has 1 saturated heterocycles. The molecule has 2 rings (SSSR count). The van der Waals surface area contributed by atoms with E-state index in [9.17, 15) is 0 Å². The average Bonchev–Trinajstić information content (AvgIpc) is 2.97.